The van der Waals surface area contributed by atoms with Crippen LogP contribution < -0.4 is 5.32 Å². The van der Waals surface area contributed by atoms with Crippen molar-refractivity contribution in [1.82, 2.24) is 5.32 Å². The van der Waals surface area contributed by atoms with Crippen LogP contribution in [0.2, 0.25) is 0 Å². The number of nitrogens with one attached hydrogen (secondary N) is 1. The van der Waals surface area contributed by atoms with Gasteiger partial charge in [0.05, 0.1) is 32.0 Å². The van der Waals surface area contributed by atoms with E-state index >= 15 is 0 Å². The number of ether oxygens (including phenoxy) is 3. The van der Waals surface area contributed by atoms with E-state index in [1.165, 1.54) is 116 Å². The lowest BCUT2D eigenvalue weighted by Gasteiger charge is -2.40. The molecule has 0 aromatic heterocycles. The minimum absolute atomic E-state index is 0.0208. The number of hydrogen-bond acceptors (Lipinski definition) is 10. The molecule has 406 valence electrons. The molecule has 6 N–H and O–H groups in total. The summed E-state index contributed by atoms with van der Waals surface area (Å²) in [6, 6.07) is -0.841. The molecule has 1 amide bonds. The van der Waals surface area contributed by atoms with Gasteiger partial charge in [0.15, 0.2) is 6.29 Å². The third-order valence-corrected chi connectivity index (χ3v) is 13.0. The predicted octanol–water partition coefficient (Wildman–Crippen LogP) is 12.7. The van der Waals surface area contributed by atoms with E-state index in [2.05, 4.69) is 67.8 Å². The van der Waals surface area contributed by atoms with Crippen LogP contribution in [0.3, 0.4) is 0 Å². The summed E-state index contributed by atoms with van der Waals surface area (Å²) in [6.07, 6.45) is 51.7. The topological polar surface area (TPSA) is 175 Å². The highest BCUT2D eigenvalue weighted by Gasteiger charge is 2.44. The van der Waals surface area contributed by atoms with E-state index in [1.807, 2.05) is 6.08 Å². The van der Waals surface area contributed by atoms with Crippen molar-refractivity contribution in [1.29, 1.82) is 0 Å². The molecule has 1 aliphatic heterocycles. The molecular formula is C59H105NO10. The number of carbonyl (C=O) groups is 2. The summed E-state index contributed by atoms with van der Waals surface area (Å²) in [6.45, 7) is 4.18. The number of unbranched alkanes of at least 4 members (excludes halogenated alkanes) is 26. The van der Waals surface area contributed by atoms with Crippen molar-refractivity contribution in [2.45, 2.75) is 281 Å². The summed E-state index contributed by atoms with van der Waals surface area (Å²) in [5.74, 6) is -0.229. The Kier molecular flexibility index (Phi) is 45.4. The van der Waals surface area contributed by atoms with Crippen molar-refractivity contribution in [3.63, 3.8) is 0 Å². The standard InChI is InChI=1S/C59H105NO10/c1-3-5-7-9-11-13-25-29-33-37-41-45-52(62)51(50-69-59-58(67)57(66)56(65)53(49-61)70-59)60-54(63)46-42-38-34-30-27-23-21-19-17-15-16-18-20-22-24-28-32-36-40-44-48-68-55(64)47-43-39-35-31-26-14-12-10-8-6-4-2/h7,9-10,12,15,17,25,29,41,45,51-53,56-59,61-62,65-67H,3-6,8,11,13-14,16,18-24,26-28,30-40,42-44,46-50H2,1-2H3,(H,60,63)/b9-7+,12-10-,17-15-,29-25+,45-41+. The summed E-state index contributed by atoms with van der Waals surface area (Å²) in [5.41, 5.74) is 0. The zero-order valence-electron chi connectivity index (χ0n) is 44.5. The van der Waals surface area contributed by atoms with Gasteiger partial charge in [-0.2, -0.15) is 0 Å². The molecule has 1 rings (SSSR count). The van der Waals surface area contributed by atoms with Crippen LogP contribution in [0.4, 0.5) is 0 Å². The molecule has 11 heteroatoms. The van der Waals surface area contributed by atoms with Gasteiger partial charge in [-0.3, -0.25) is 9.59 Å². The lowest BCUT2D eigenvalue weighted by Crippen LogP contribution is -2.60. The molecule has 0 aliphatic carbocycles. The highest BCUT2D eigenvalue weighted by atomic mass is 16.7. The highest BCUT2D eigenvalue weighted by molar-refractivity contribution is 5.76. The maximum absolute atomic E-state index is 13.0. The third kappa shape index (κ3) is 38.0. The number of esters is 1. The molecule has 1 aliphatic rings. The van der Waals surface area contributed by atoms with Crippen molar-refractivity contribution >= 4 is 11.9 Å². The first-order chi connectivity index (χ1) is 34.2. The summed E-state index contributed by atoms with van der Waals surface area (Å²) in [4.78, 5) is 25.0. The Labute approximate surface area is 427 Å². The van der Waals surface area contributed by atoms with E-state index < -0.39 is 49.5 Å². The smallest absolute Gasteiger partial charge is 0.305 e. The normalized spacial score (nSPS) is 19.7. The van der Waals surface area contributed by atoms with Gasteiger partial charge in [-0.05, 0) is 96.3 Å². The molecule has 7 atom stereocenters. The number of aliphatic hydroxyl groups is 5. The van der Waals surface area contributed by atoms with Gasteiger partial charge >= 0.3 is 5.97 Å². The van der Waals surface area contributed by atoms with Crippen molar-refractivity contribution in [3.05, 3.63) is 60.8 Å². The second-order valence-electron chi connectivity index (χ2n) is 19.6. The molecule has 0 spiro atoms. The number of hydrogen-bond donors (Lipinski definition) is 6. The molecule has 1 heterocycles. The number of rotatable bonds is 48. The lowest BCUT2D eigenvalue weighted by molar-refractivity contribution is -0.302. The molecule has 0 aromatic carbocycles. The monoisotopic (exact) mass is 988 g/mol. The SMILES string of the molecule is CCC/C=C/CC/C=C/CC/C=C/C(O)C(COC1OC(CO)C(O)C(O)C1O)NC(=O)CCCCCCCCC/C=C\CCCCCCCCCCCOC(=O)CCCCCCC/C=C\CCCC. The summed E-state index contributed by atoms with van der Waals surface area (Å²) >= 11 is 0. The average molecular weight is 988 g/mol. The largest absolute Gasteiger partial charge is 0.466 e. The Morgan fingerprint density at radius 2 is 0.957 bits per heavy atom. The van der Waals surface area contributed by atoms with E-state index in [-0.39, 0.29) is 18.5 Å². The van der Waals surface area contributed by atoms with Crippen LogP contribution in [0, 0.1) is 0 Å². The van der Waals surface area contributed by atoms with Gasteiger partial charge in [0, 0.05) is 12.8 Å². The zero-order chi connectivity index (χ0) is 51.0. The van der Waals surface area contributed by atoms with E-state index in [0.717, 1.165) is 96.3 Å². The molecule has 0 bridgehead atoms. The molecule has 0 aromatic rings. The first-order valence-electron chi connectivity index (χ1n) is 28.6. The zero-order valence-corrected chi connectivity index (χ0v) is 44.5. The number of carbonyl (C=O) groups excluding carboxylic acids is 2. The molecule has 70 heavy (non-hydrogen) atoms. The van der Waals surface area contributed by atoms with Crippen LogP contribution in [0.5, 0.6) is 0 Å². The quantitative estimate of drug-likeness (QED) is 0.0196. The van der Waals surface area contributed by atoms with Crippen LogP contribution in [0.1, 0.15) is 239 Å². The van der Waals surface area contributed by atoms with Gasteiger partial charge in [-0.15, -0.1) is 0 Å². The van der Waals surface area contributed by atoms with Crippen LogP contribution in [-0.4, -0.2) is 100 Å². The van der Waals surface area contributed by atoms with Crippen molar-refractivity contribution < 1.29 is 49.3 Å². The van der Waals surface area contributed by atoms with E-state index in [0.29, 0.717) is 19.4 Å². The molecule has 7 unspecified atom stereocenters. The van der Waals surface area contributed by atoms with Crippen LogP contribution in [-0.2, 0) is 23.8 Å². The first-order valence-corrected chi connectivity index (χ1v) is 28.6. The second kappa shape index (κ2) is 48.6. The molecular weight excluding hydrogens is 883 g/mol. The molecule has 11 nitrogen and oxygen atoms in total. The third-order valence-electron chi connectivity index (χ3n) is 13.0. The predicted molar refractivity (Wildman–Crippen MR) is 287 cm³/mol. The summed E-state index contributed by atoms with van der Waals surface area (Å²) in [5, 5.41) is 54.2. The van der Waals surface area contributed by atoms with E-state index in [4.69, 9.17) is 14.2 Å². The number of allylic oxidation sites excluding steroid dienone is 9. The molecule has 1 fully saturated rings. The van der Waals surface area contributed by atoms with Gasteiger partial charge in [-0.25, -0.2) is 0 Å². The molecule has 0 radical (unpaired) electrons. The molecule has 1 saturated heterocycles. The fraction of sp³-hybridized carbons (Fsp3) is 0.797. The first kappa shape index (κ1) is 65.4. The Bertz CT molecular complexity index is 1350. The summed E-state index contributed by atoms with van der Waals surface area (Å²) in [7, 11) is 0. The minimum atomic E-state index is -1.58. The lowest BCUT2D eigenvalue weighted by atomic mass is 9.99. The van der Waals surface area contributed by atoms with Crippen LogP contribution in [0.25, 0.3) is 0 Å². The molecule has 0 saturated carbocycles. The van der Waals surface area contributed by atoms with E-state index in [9.17, 15) is 35.1 Å². The second-order valence-corrected chi connectivity index (χ2v) is 19.6. The maximum Gasteiger partial charge on any atom is 0.305 e. The fourth-order valence-electron chi connectivity index (χ4n) is 8.45. The Balaban J connectivity index is 2.10. The van der Waals surface area contributed by atoms with Crippen LogP contribution in [0.15, 0.2) is 60.8 Å². The van der Waals surface area contributed by atoms with Gasteiger partial charge < -0.3 is 45.1 Å². The van der Waals surface area contributed by atoms with Crippen molar-refractivity contribution in [2.24, 2.45) is 0 Å². The minimum Gasteiger partial charge on any atom is -0.466 e. The fourth-order valence-corrected chi connectivity index (χ4v) is 8.45. The van der Waals surface area contributed by atoms with Gasteiger partial charge in [-0.1, -0.05) is 190 Å². The Morgan fingerprint density at radius 3 is 1.47 bits per heavy atom. The average Bonchev–Trinajstić information content (AvgIpc) is 3.36. The number of aliphatic hydroxyl groups excluding tert-OH is 5. The van der Waals surface area contributed by atoms with E-state index in [1.54, 1.807) is 6.08 Å². The van der Waals surface area contributed by atoms with Crippen LogP contribution >= 0.6 is 0 Å². The van der Waals surface area contributed by atoms with Crippen molar-refractivity contribution in [2.75, 3.05) is 19.8 Å². The van der Waals surface area contributed by atoms with Gasteiger partial charge in [0.25, 0.3) is 0 Å². The van der Waals surface area contributed by atoms with Gasteiger partial charge in [0.2, 0.25) is 5.91 Å². The van der Waals surface area contributed by atoms with Crippen molar-refractivity contribution in [3.8, 4) is 0 Å². The highest BCUT2D eigenvalue weighted by Crippen LogP contribution is 2.23. The van der Waals surface area contributed by atoms with Gasteiger partial charge in [0.1, 0.15) is 24.4 Å². The number of amides is 1. The Morgan fingerprint density at radius 1 is 0.514 bits per heavy atom. The Hall–Kier alpha value is -2.64. The summed E-state index contributed by atoms with van der Waals surface area (Å²) < 4.78 is 16.6. The maximum atomic E-state index is 13.0.